The maximum absolute atomic E-state index is 6.64. The number of hydrogen-bond donors (Lipinski definition) is 1. The van der Waals surface area contributed by atoms with Crippen LogP contribution in [0.15, 0.2) is 4.52 Å². The Kier molecular flexibility index (Phi) is 3.02. The van der Waals surface area contributed by atoms with E-state index in [4.69, 9.17) is 10.3 Å². The normalized spacial score (nSPS) is 30.5. The summed E-state index contributed by atoms with van der Waals surface area (Å²) in [5.41, 5.74) is 6.39. The lowest BCUT2D eigenvalue weighted by Gasteiger charge is -2.46. The second kappa shape index (κ2) is 4.09. The minimum atomic E-state index is -0.422. The first-order valence-electron chi connectivity index (χ1n) is 6.44. The van der Waals surface area contributed by atoms with Gasteiger partial charge in [0.05, 0.1) is 5.54 Å². The molecular formula is C13H23N3O. The van der Waals surface area contributed by atoms with Crippen molar-refractivity contribution in [1.29, 1.82) is 0 Å². The molecule has 2 rings (SSSR count). The molecule has 17 heavy (non-hydrogen) atoms. The van der Waals surface area contributed by atoms with Gasteiger partial charge in [0.25, 0.3) is 0 Å². The Morgan fingerprint density at radius 1 is 1.35 bits per heavy atom. The average Bonchev–Trinajstić information content (AvgIpc) is 2.64. The molecule has 1 aliphatic carbocycles. The topological polar surface area (TPSA) is 64.9 Å². The van der Waals surface area contributed by atoms with Gasteiger partial charge in [-0.1, -0.05) is 38.8 Å². The fourth-order valence-electron chi connectivity index (χ4n) is 3.16. The molecular weight excluding hydrogens is 214 g/mol. The van der Waals surface area contributed by atoms with Crippen LogP contribution in [0, 0.1) is 18.3 Å². The largest absolute Gasteiger partial charge is 0.340 e. The number of nitrogens with zero attached hydrogens (tertiary/aromatic N) is 2. The molecule has 0 aromatic carbocycles. The van der Waals surface area contributed by atoms with E-state index in [1.54, 1.807) is 0 Å². The fraction of sp³-hybridized carbons (Fsp3) is 0.846. The molecule has 1 aromatic rings. The van der Waals surface area contributed by atoms with E-state index >= 15 is 0 Å². The Labute approximate surface area is 103 Å². The van der Waals surface area contributed by atoms with Crippen molar-refractivity contribution in [1.82, 2.24) is 10.1 Å². The number of aryl methyl sites for hydroxylation is 1. The van der Waals surface area contributed by atoms with Crippen molar-refractivity contribution in [3.63, 3.8) is 0 Å². The average molecular weight is 237 g/mol. The van der Waals surface area contributed by atoms with Crippen molar-refractivity contribution in [2.24, 2.45) is 17.1 Å². The second-order valence-corrected chi connectivity index (χ2v) is 6.34. The molecule has 2 N–H and O–H groups in total. The van der Waals surface area contributed by atoms with Crippen LogP contribution in [0.5, 0.6) is 0 Å². The quantitative estimate of drug-likeness (QED) is 0.815. The van der Waals surface area contributed by atoms with E-state index in [1.807, 2.05) is 6.92 Å². The van der Waals surface area contributed by atoms with Crippen molar-refractivity contribution >= 4 is 0 Å². The number of rotatable bonds is 1. The standard InChI is InChI=1S/C13H23N3O/c1-9-15-11(16-17-9)13(14)8-6-5-7-10(13)12(2,3)4/h10H,5-8,14H2,1-4H3. The first-order chi connectivity index (χ1) is 7.84. The van der Waals surface area contributed by atoms with E-state index in [0.29, 0.717) is 17.6 Å². The van der Waals surface area contributed by atoms with Crippen molar-refractivity contribution < 1.29 is 4.52 Å². The molecule has 1 aliphatic rings. The third-order valence-corrected chi connectivity index (χ3v) is 3.94. The Bertz CT molecular complexity index is 394. The molecule has 0 bridgehead atoms. The van der Waals surface area contributed by atoms with Crippen LogP contribution in [0.25, 0.3) is 0 Å². The van der Waals surface area contributed by atoms with Gasteiger partial charge >= 0.3 is 0 Å². The number of aromatic nitrogens is 2. The third-order valence-electron chi connectivity index (χ3n) is 3.94. The lowest BCUT2D eigenvalue weighted by Crippen LogP contribution is -2.51. The first kappa shape index (κ1) is 12.6. The summed E-state index contributed by atoms with van der Waals surface area (Å²) in [6, 6.07) is 0. The van der Waals surface area contributed by atoms with Gasteiger partial charge < -0.3 is 10.3 Å². The Morgan fingerprint density at radius 3 is 2.59 bits per heavy atom. The maximum Gasteiger partial charge on any atom is 0.223 e. The van der Waals surface area contributed by atoms with Gasteiger partial charge in [-0.25, -0.2) is 0 Å². The van der Waals surface area contributed by atoms with Gasteiger partial charge in [-0.3, -0.25) is 0 Å². The van der Waals surface area contributed by atoms with Crippen molar-refractivity contribution in [3.8, 4) is 0 Å². The van der Waals surface area contributed by atoms with Crippen LogP contribution in [0.2, 0.25) is 0 Å². The predicted octanol–water partition coefficient (Wildman–Crippen LogP) is 2.77. The van der Waals surface area contributed by atoms with Crippen molar-refractivity contribution in [2.45, 2.75) is 58.9 Å². The van der Waals surface area contributed by atoms with E-state index in [9.17, 15) is 0 Å². The van der Waals surface area contributed by atoms with Crippen LogP contribution >= 0.6 is 0 Å². The Morgan fingerprint density at radius 2 is 2.06 bits per heavy atom. The molecule has 96 valence electrons. The van der Waals surface area contributed by atoms with E-state index < -0.39 is 5.54 Å². The van der Waals surface area contributed by atoms with Gasteiger partial charge in [0.2, 0.25) is 5.89 Å². The first-order valence-corrected chi connectivity index (χ1v) is 6.44. The molecule has 2 atom stereocenters. The summed E-state index contributed by atoms with van der Waals surface area (Å²) >= 11 is 0. The zero-order valence-corrected chi connectivity index (χ0v) is 11.3. The monoisotopic (exact) mass is 237 g/mol. The summed E-state index contributed by atoms with van der Waals surface area (Å²) in [5.74, 6) is 1.69. The molecule has 1 saturated carbocycles. The molecule has 1 aromatic heterocycles. The van der Waals surface area contributed by atoms with Gasteiger partial charge in [0.15, 0.2) is 5.82 Å². The molecule has 4 heteroatoms. The minimum Gasteiger partial charge on any atom is -0.340 e. The smallest absolute Gasteiger partial charge is 0.223 e. The zero-order chi connectivity index (χ0) is 12.7. The summed E-state index contributed by atoms with van der Waals surface area (Å²) < 4.78 is 5.10. The fourth-order valence-corrected chi connectivity index (χ4v) is 3.16. The lowest BCUT2D eigenvalue weighted by molar-refractivity contribution is 0.0698. The molecule has 0 saturated heterocycles. The van der Waals surface area contributed by atoms with Gasteiger partial charge in [-0.15, -0.1) is 0 Å². The molecule has 0 radical (unpaired) electrons. The van der Waals surface area contributed by atoms with Crippen LogP contribution in [0.3, 0.4) is 0 Å². The maximum atomic E-state index is 6.64. The van der Waals surface area contributed by atoms with Crippen LogP contribution in [0.1, 0.15) is 58.2 Å². The number of hydrogen-bond acceptors (Lipinski definition) is 4. The van der Waals surface area contributed by atoms with Gasteiger partial charge in [0.1, 0.15) is 0 Å². The van der Waals surface area contributed by atoms with E-state index in [0.717, 1.165) is 19.3 Å². The van der Waals surface area contributed by atoms with Crippen LogP contribution < -0.4 is 5.73 Å². The minimum absolute atomic E-state index is 0.170. The van der Waals surface area contributed by atoms with Crippen LogP contribution in [-0.4, -0.2) is 10.1 Å². The Hall–Kier alpha value is -0.900. The summed E-state index contributed by atoms with van der Waals surface area (Å²) in [6.45, 7) is 8.56. The zero-order valence-electron chi connectivity index (χ0n) is 11.3. The highest BCUT2D eigenvalue weighted by Gasteiger charge is 2.47. The predicted molar refractivity (Wildman–Crippen MR) is 66.3 cm³/mol. The summed E-state index contributed by atoms with van der Waals surface area (Å²) in [6.07, 6.45) is 4.50. The summed E-state index contributed by atoms with van der Waals surface area (Å²) in [5, 5.41) is 4.06. The molecule has 0 aliphatic heterocycles. The van der Waals surface area contributed by atoms with Gasteiger partial charge in [0, 0.05) is 6.92 Å². The molecule has 1 heterocycles. The van der Waals surface area contributed by atoms with Crippen molar-refractivity contribution in [2.75, 3.05) is 0 Å². The van der Waals surface area contributed by atoms with Gasteiger partial charge in [-0.05, 0) is 24.2 Å². The van der Waals surface area contributed by atoms with Crippen LogP contribution in [0.4, 0.5) is 0 Å². The lowest BCUT2D eigenvalue weighted by atomic mass is 9.62. The third kappa shape index (κ3) is 2.23. The van der Waals surface area contributed by atoms with E-state index in [1.165, 1.54) is 6.42 Å². The number of nitrogens with two attached hydrogens (primary N) is 1. The van der Waals surface area contributed by atoms with Gasteiger partial charge in [-0.2, -0.15) is 4.98 Å². The second-order valence-electron chi connectivity index (χ2n) is 6.34. The highest BCUT2D eigenvalue weighted by atomic mass is 16.5. The molecule has 4 nitrogen and oxygen atoms in total. The van der Waals surface area contributed by atoms with E-state index in [2.05, 4.69) is 30.9 Å². The molecule has 2 unspecified atom stereocenters. The highest BCUT2D eigenvalue weighted by Crippen LogP contribution is 2.47. The molecule has 1 fully saturated rings. The molecule has 0 amide bonds. The Balaban J connectivity index is 2.38. The highest BCUT2D eigenvalue weighted by molar-refractivity contribution is 5.10. The molecule has 0 spiro atoms. The van der Waals surface area contributed by atoms with E-state index in [-0.39, 0.29) is 5.41 Å². The SMILES string of the molecule is Cc1nc(C2(N)CCCCC2C(C)(C)C)no1. The summed E-state index contributed by atoms with van der Waals surface area (Å²) in [4.78, 5) is 4.37. The summed E-state index contributed by atoms with van der Waals surface area (Å²) in [7, 11) is 0. The van der Waals surface area contributed by atoms with Crippen LogP contribution in [-0.2, 0) is 5.54 Å². The van der Waals surface area contributed by atoms with Crippen molar-refractivity contribution in [3.05, 3.63) is 11.7 Å².